The van der Waals surface area contributed by atoms with Crippen LogP contribution in [0.1, 0.15) is 18.3 Å². The van der Waals surface area contributed by atoms with Crippen LogP contribution in [-0.4, -0.2) is 28.6 Å². The van der Waals surface area contributed by atoms with Crippen molar-refractivity contribution in [1.29, 1.82) is 0 Å². The molecule has 1 aromatic heterocycles. The number of imidazole rings is 1. The molecule has 0 aliphatic rings. The number of nitrogens with zero attached hydrogens (tertiary/aromatic N) is 3. The fraction of sp³-hybridized carbons (Fsp3) is 0.294. The van der Waals surface area contributed by atoms with E-state index in [1.165, 1.54) is 5.56 Å². The van der Waals surface area contributed by atoms with Crippen molar-refractivity contribution in [3.05, 3.63) is 66.8 Å². The van der Waals surface area contributed by atoms with Crippen molar-refractivity contribution in [3.8, 4) is 0 Å². The number of hydrogen-bond acceptors (Lipinski definition) is 2. The van der Waals surface area contributed by atoms with Gasteiger partial charge in [0.05, 0.1) is 0 Å². The largest absolute Gasteiger partial charge is 0.357 e. The van der Waals surface area contributed by atoms with Gasteiger partial charge in [0.25, 0.3) is 0 Å². The average molecular weight is 297 g/mol. The van der Waals surface area contributed by atoms with Crippen LogP contribution in [0.25, 0.3) is 0 Å². The summed E-state index contributed by atoms with van der Waals surface area (Å²) >= 11 is 0. The molecule has 2 aromatic rings. The van der Waals surface area contributed by atoms with Gasteiger partial charge in [0.1, 0.15) is 12.4 Å². The molecule has 1 aromatic carbocycles. The lowest BCUT2D eigenvalue weighted by Crippen LogP contribution is -2.37. The molecule has 0 spiro atoms. The molecule has 0 atom stereocenters. The van der Waals surface area contributed by atoms with Gasteiger partial charge in [-0.3, -0.25) is 0 Å². The molecule has 0 bridgehead atoms. The summed E-state index contributed by atoms with van der Waals surface area (Å²) < 4.78 is 2.12. The Morgan fingerprint density at radius 1 is 1.32 bits per heavy atom. The highest BCUT2D eigenvalue weighted by Crippen LogP contribution is 2.06. The fourth-order valence-electron chi connectivity index (χ4n) is 2.08. The van der Waals surface area contributed by atoms with E-state index in [9.17, 15) is 0 Å². The Hall–Kier alpha value is -2.56. The number of aliphatic imine (C=N–C) groups is 1. The first-order valence-corrected chi connectivity index (χ1v) is 7.50. The van der Waals surface area contributed by atoms with Crippen molar-refractivity contribution in [2.75, 3.05) is 13.1 Å². The van der Waals surface area contributed by atoms with Crippen LogP contribution >= 0.6 is 0 Å². The number of rotatable bonds is 7. The van der Waals surface area contributed by atoms with Gasteiger partial charge in [-0.15, -0.1) is 6.58 Å². The predicted molar refractivity (Wildman–Crippen MR) is 90.8 cm³/mol. The molecule has 5 heteroatoms. The van der Waals surface area contributed by atoms with E-state index >= 15 is 0 Å². The predicted octanol–water partition coefficient (Wildman–Crippen LogP) is 2.17. The molecule has 22 heavy (non-hydrogen) atoms. The zero-order valence-electron chi connectivity index (χ0n) is 13.0. The van der Waals surface area contributed by atoms with Crippen LogP contribution in [0.2, 0.25) is 0 Å². The van der Waals surface area contributed by atoms with E-state index < -0.39 is 0 Å². The summed E-state index contributed by atoms with van der Waals surface area (Å²) in [5.74, 6) is 1.72. The summed E-state index contributed by atoms with van der Waals surface area (Å²) in [5.41, 5.74) is 1.25. The molecule has 2 rings (SSSR count). The summed E-state index contributed by atoms with van der Waals surface area (Å²) in [4.78, 5) is 8.96. The molecule has 2 N–H and O–H groups in total. The minimum atomic E-state index is 0.534. The molecule has 0 saturated carbocycles. The second-order valence-corrected chi connectivity index (χ2v) is 4.82. The molecule has 0 saturated heterocycles. The van der Waals surface area contributed by atoms with Gasteiger partial charge in [-0.1, -0.05) is 36.4 Å². The van der Waals surface area contributed by atoms with E-state index in [-0.39, 0.29) is 0 Å². The highest BCUT2D eigenvalue weighted by atomic mass is 15.2. The number of nitrogens with one attached hydrogen (secondary N) is 2. The quantitative estimate of drug-likeness (QED) is 0.468. The van der Waals surface area contributed by atoms with Crippen LogP contribution in [-0.2, 0) is 13.1 Å². The maximum absolute atomic E-state index is 4.56. The van der Waals surface area contributed by atoms with Gasteiger partial charge >= 0.3 is 0 Å². The van der Waals surface area contributed by atoms with Crippen molar-refractivity contribution < 1.29 is 0 Å². The fourth-order valence-corrected chi connectivity index (χ4v) is 2.08. The third-order valence-electron chi connectivity index (χ3n) is 3.13. The highest BCUT2D eigenvalue weighted by molar-refractivity contribution is 5.79. The molecule has 116 valence electrons. The molecule has 0 aliphatic heterocycles. The van der Waals surface area contributed by atoms with Crippen LogP contribution in [0.4, 0.5) is 0 Å². The zero-order valence-corrected chi connectivity index (χ0v) is 13.0. The Balaban J connectivity index is 2.03. The highest BCUT2D eigenvalue weighted by Gasteiger charge is 2.03. The first kappa shape index (κ1) is 15.8. The van der Waals surface area contributed by atoms with E-state index in [0.717, 1.165) is 24.9 Å². The molecule has 1 heterocycles. The number of hydrogen-bond donors (Lipinski definition) is 2. The summed E-state index contributed by atoms with van der Waals surface area (Å²) in [6.07, 6.45) is 5.61. The second-order valence-electron chi connectivity index (χ2n) is 4.82. The van der Waals surface area contributed by atoms with Gasteiger partial charge in [-0.2, -0.15) is 0 Å². The van der Waals surface area contributed by atoms with E-state index in [0.29, 0.717) is 13.1 Å². The smallest absolute Gasteiger partial charge is 0.191 e. The lowest BCUT2D eigenvalue weighted by molar-refractivity contribution is 0.719. The summed E-state index contributed by atoms with van der Waals surface area (Å²) in [5, 5.41) is 6.39. The number of guanidine groups is 1. The van der Waals surface area contributed by atoms with Crippen LogP contribution in [0, 0.1) is 0 Å². The first-order valence-electron chi connectivity index (χ1n) is 7.50. The van der Waals surface area contributed by atoms with Crippen molar-refractivity contribution in [1.82, 2.24) is 20.2 Å². The van der Waals surface area contributed by atoms with Gasteiger partial charge in [0, 0.05) is 32.0 Å². The van der Waals surface area contributed by atoms with Crippen molar-refractivity contribution in [2.45, 2.75) is 20.0 Å². The van der Waals surface area contributed by atoms with Gasteiger partial charge < -0.3 is 15.2 Å². The maximum Gasteiger partial charge on any atom is 0.191 e. The molecule has 5 nitrogen and oxygen atoms in total. The Labute approximate surface area is 131 Å². The van der Waals surface area contributed by atoms with Gasteiger partial charge in [0.15, 0.2) is 5.96 Å². The zero-order chi connectivity index (χ0) is 15.6. The topological polar surface area (TPSA) is 54.2 Å². The third kappa shape index (κ3) is 4.77. The third-order valence-corrected chi connectivity index (χ3v) is 3.13. The standard InChI is InChI=1S/C17H23N5/c1-3-10-20-17(18-4-2)21-13-16-19-11-12-22(16)14-15-8-6-5-7-9-15/h3,5-9,11-12H,1,4,10,13-14H2,2H3,(H2,18,20,21). The minimum Gasteiger partial charge on any atom is -0.357 e. The van der Waals surface area contributed by atoms with Gasteiger partial charge in [-0.05, 0) is 12.5 Å². The van der Waals surface area contributed by atoms with Crippen molar-refractivity contribution >= 4 is 5.96 Å². The molecule has 0 radical (unpaired) electrons. The molecule has 0 aliphatic carbocycles. The normalized spacial score (nSPS) is 11.2. The lowest BCUT2D eigenvalue weighted by Gasteiger charge is -2.10. The van der Waals surface area contributed by atoms with Crippen LogP contribution in [0.15, 0.2) is 60.4 Å². The monoisotopic (exact) mass is 297 g/mol. The SMILES string of the molecule is C=CCNC(=NCc1nccn1Cc1ccccc1)NCC. The number of aromatic nitrogens is 2. The summed E-state index contributed by atoms with van der Waals surface area (Å²) in [6.45, 7) is 8.59. The molecular weight excluding hydrogens is 274 g/mol. The van der Waals surface area contributed by atoms with Gasteiger partial charge in [-0.25, -0.2) is 9.98 Å². The second kappa shape index (κ2) is 8.67. The van der Waals surface area contributed by atoms with E-state index in [1.54, 1.807) is 0 Å². The van der Waals surface area contributed by atoms with Gasteiger partial charge in [0.2, 0.25) is 0 Å². The van der Waals surface area contributed by atoms with E-state index in [2.05, 4.69) is 43.9 Å². The van der Waals surface area contributed by atoms with E-state index in [1.807, 2.05) is 43.6 Å². The van der Waals surface area contributed by atoms with Crippen LogP contribution in [0.5, 0.6) is 0 Å². The molecule has 0 amide bonds. The van der Waals surface area contributed by atoms with Crippen molar-refractivity contribution in [3.63, 3.8) is 0 Å². The number of benzene rings is 1. The summed E-state index contributed by atoms with van der Waals surface area (Å²) in [6, 6.07) is 10.3. The summed E-state index contributed by atoms with van der Waals surface area (Å²) in [7, 11) is 0. The Morgan fingerprint density at radius 3 is 2.86 bits per heavy atom. The minimum absolute atomic E-state index is 0.534. The molecular formula is C17H23N5. The van der Waals surface area contributed by atoms with Crippen LogP contribution in [0.3, 0.4) is 0 Å². The first-order chi connectivity index (χ1) is 10.8. The maximum atomic E-state index is 4.56. The van der Waals surface area contributed by atoms with Crippen molar-refractivity contribution in [2.24, 2.45) is 4.99 Å². The molecule has 0 fully saturated rings. The van der Waals surface area contributed by atoms with E-state index in [4.69, 9.17) is 0 Å². The Bertz CT molecular complexity index is 601. The lowest BCUT2D eigenvalue weighted by atomic mass is 10.2. The average Bonchev–Trinajstić information content (AvgIpc) is 2.98. The van der Waals surface area contributed by atoms with Crippen LogP contribution < -0.4 is 10.6 Å². The molecule has 0 unspecified atom stereocenters. The Morgan fingerprint density at radius 2 is 2.14 bits per heavy atom. The Kier molecular flexibility index (Phi) is 6.23.